The molecule has 0 bridgehead atoms. The van der Waals surface area contributed by atoms with Crippen molar-refractivity contribution in [2.45, 2.75) is 12.8 Å². The molecular weight excluding hydrogens is 373 g/mol. The summed E-state index contributed by atoms with van der Waals surface area (Å²) in [5.74, 6) is 0.218. The van der Waals surface area contributed by atoms with Crippen LogP contribution < -0.4 is 4.74 Å². The Morgan fingerprint density at radius 1 is 1.14 bits per heavy atom. The zero-order chi connectivity index (χ0) is 15.6. The van der Waals surface area contributed by atoms with E-state index in [1.54, 1.807) is 18.2 Å². The van der Waals surface area contributed by atoms with Gasteiger partial charge in [0.1, 0.15) is 11.5 Å². The maximum Gasteiger partial charge on any atom is 0.416 e. The Labute approximate surface area is 132 Å². The van der Waals surface area contributed by atoms with Crippen molar-refractivity contribution in [1.29, 1.82) is 0 Å². The van der Waals surface area contributed by atoms with E-state index in [2.05, 4.69) is 15.9 Å². The number of ether oxygens (including phenoxy) is 1. The minimum atomic E-state index is -4.57. The molecule has 1 N–H and O–H groups in total. The topological polar surface area (TPSA) is 29.5 Å². The molecule has 21 heavy (non-hydrogen) atoms. The summed E-state index contributed by atoms with van der Waals surface area (Å²) in [6.07, 6.45) is -4.57. The van der Waals surface area contributed by atoms with Gasteiger partial charge in [-0.15, -0.1) is 0 Å². The Kier molecular flexibility index (Phi) is 4.81. The summed E-state index contributed by atoms with van der Waals surface area (Å²) >= 11 is 9.15. The zero-order valence-electron chi connectivity index (χ0n) is 10.4. The van der Waals surface area contributed by atoms with Crippen LogP contribution in [0.4, 0.5) is 13.2 Å². The maximum atomic E-state index is 12.9. The average Bonchev–Trinajstić information content (AvgIpc) is 2.42. The van der Waals surface area contributed by atoms with Crippen LogP contribution in [0, 0.1) is 0 Å². The number of benzene rings is 2. The number of hydrogen-bond acceptors (Lipinski definition) is 2. The molecule has 0 amide bonds. The van der Waals surface area contributed by atoms with Crippen LogP contribution in [0.15, 0.2) is 40.9 Å². The van der Waals surface area contributed by atoms with Gasteiger partial charge in [0, 0.05) is 4.47 Å². The van der Waals surface area contributed by atoms with Crippen molar-refractivity contribution in [2.75, 3.05) is 0 Å². The number of aliphatic hydroxyl groups is 1. The predicted octanol–water partition coefficient (Wildman–Crippen LogP) is 5.41. The van der Waals surface area contributed by atoms with Gasteiger partial charge in [-0.2, -0.15) is 13.2 Å². The lowest BCUT2D eigenvalue weighted by molar-refractivity contribution is -0.138. The fraction of sp³-hybridized carbons (Fsp3) is 0.143. The van der Waals surface area contributed by atoms with E-state index in [9.17, 15) is 13.2 Å². The lowest BCUT2D eigenvalue weighted by Gasteiger charge is -2.14. The molecule has 0 aliphatic rings. The van der Waals surface area contributed by atoms with Crippen molar-refractivity contribution in [1.82, 2.24) is 0 Å². The van der Waals surface area contributed by atoms with E-state index < -0.39 is 18.3 Å². The van der Waals surface area contributed by atoms with Gasteiger partial charge < -0.3 is 9.84 Å². The third-order valence-corrected chi connectivity index (χ3v) is 3.48. The Morgan fingerprint density at radius 2 is 1.86 bits per heavy atom. The van der Waals surface area contributed by atoms with E-state index in [1.165, 1.54) is 12.1 Å². The predicted molar refractivity (Wildman–Crippen MR) is 76.6 cm³/mol. The van der Waals surface area contributed by atoms with Gasteiger partial charge >= 0.3 is 6.18 Å². The van der Waals surface area contributed by atoms with E-state index in [0.717, 1.165) is 6.07 Å². The molecular formula is C14H9BrClF3O2. The van der Waals surface area contributed by atoms with Crippen LogP contribution in [0.25, 0.3) is 0 Å². The summed E-state index contributed by atoms with van der Waals surface area (Å²) in [6.45, 7) is -0.702. The minimum absolute atomic E-state index is 0.0143. The van der Waals surface area contributed by atoms with Crippen LogP contribution in [0.3, 0.4) is 0 Å². The number of aliphatic hydroxyl groups excluding tert-OH is 1. The fourth-order valence-electron chi connectivity index (χ4n) is 1.70. The molecule has 0 saturated heterocycles. The van der Waals surface area contributed by atoms with Crippen LogP contribution in [0.5, 0.6) is 11.5 Å². The van der Waals surface area contributed by atoms with E-state index in [4.69, 9.17) is 21.4 Å². The third kappa shape index (κ3) is 3.90. The monoisotopic (exact) mass is 380 g/mol. The standard InChI is InChI=1S/C14H9BrClF3O2/c15-9-2-4-12(16)13(5-9)21-10-3-1-8(7-20)11(6-10)14(17,18)19/h1-6,20H,7H2. The average molecular weight is 382 g/mol. The van der Waals surface area contributed by atoms with Crippen LogP contribution >= 0.6 is 27.5 Å². The third-order valence-electron chi connectivity index (χ3n) is 2.68. The minimum Gasteiger partial charge on any atom is -0.456 e. The second kappa shape index (κ2) is 6.25. The molecule has 0 aromatic heterocycles. The molecule has 7 heteroatoms. The van der Waals surface area contributed by atoms with E-state index >= 15 is 0 Å². The first-order chi connectivity index (χ1) is 9.81. The summed E-state index contributed by atoms with van der Waals surface area (Å²) in [5, 5.41) is 9.25. The molecule has 0 saturated carbocycles. The highest BCUT2D eigenvalue weighted by atomic mass is 79.9. The molecule has 2 aromatic carbocycles. The zero-order valence-corrected chi connectivity index (χ0v) is 12.8. The Balaban J connectivity index is 2.39. The molecule has 0 fully saturated rings. The van der Waals surface area contributed by atoms with Crippen molar-refractivity contribution >= 4 is 27.5 Å². The first-order valence-corrected chi connectivity index (χ1v) is 6.92. The van der Waals surface area contributed by atoms with Crippen LogP contribution in [0.2, 0.25) is 5.02 Å². The second-order valence-electron chi connectivity index (χ2n) is 4.15. The summed E-state index contributed by atoms with van der Waals surface area (Å²) in [5.41, 5.74) is -1.15. The van der Waals surface area contributed by atoms with Crippen molar-refractivity contribution in [3.8, 4) is 11.5 Å². The van der Waals surface area contributed by atoms with Gasteiger partial charge in [-0.05, 0) is 35.9 Å². The first-order valence-electron chi connectivity index (χ1n) is 5.75. The molecule has 2 nitrogen and oxygen atoms in total. The lowest BCUT2D eigenvalue weighted by atomic mass is 10.1. The van der Waals surface area contributed by atoms with Gasteiger partial charge in [-0.25, -0.2) is 0 Å². The lowest BCUT2D eigenvalue weighted by Crippen LogP contribution is -2.09. The quantitative estimate of drug-likeness (QED) is 0.771. The summed E-state index contributed by atoms with van der Waals surface area (Å²) in [4.78, 5) is 0. The van der Waals surface area contributed by atoms with Crippen molar-refractivity contribution in [2.24, 2.45) is 0 Å². The first kappa shape index (κ1) is 16.1. The Hall–Kier alpha value is -1.24. The molecule has 2 aromatic rings. The van der Waals surface area contributed by atoms with Gasteiger partial charge in [-0.1, -0.05) is 33.6 Å². The largest absolute Gasteiger partial charge is 0.456 e. The molecule has 0 radical (unpaired) electrons. The SMILES string of the molecule is OCc1ccc(Oc2cc(Br)ccc2Cl)cc1C(F)(F)F. The van der Waals surface area contributed by atoms with Gasteiger partial charge in [-0.3, -0.25) is 0 Å². The molecule has 0 aliphatic carbocycles. The number of hydrogen-bond donors (Lipinski definition) is 1. The Bertz CT molecular complexity index is 659. The molecule has 0 heterocycles. The normalized spacial score (nSPS) is 11.5. The van der Waals surface area contributed by atoms with Gasteiger partial charge in [0.25, 0.3) is 0 Å². The van der Waals surface area contributed by atoms with E-state index in [-0.39, 0.29) is 22.1 Å². The van der Waals surface area contributed by atoms with Crippen molar-refractivity contribution < 1.29 is 23.0 Å². The van der Waals surface area contributed by atoms with Gasteiger partial charge in [0.15, 0.2) is 0 Å². The fourth-order valence-corrected chi connectivity index (χ4v) is 2.20. The van der Waals surface area contributed by atoms with Crippen LogP contribution in [-0.2, 0) is 12.8 Å². The van der Waals surface area contributed by atoms with Crippen molar-refractivity contribution in [3.05, 3.63) is 57.0 Å². The van der Waals surface area contributed by atoms with Gasteiger partial charge in [0.2, 0.25) is 0 Å². The van der Waals surface area contributed by atoms with Crippen molar-refractivity contribution in [3.63, 3.8) is 0 Å². The Morgan fingerprint density at radius 3 is 2.48 bits per heavy atom. The molecule has 112 valence electrons. The smallest absolute Gasteiger partial charge is 0.416 e. The molecule has 0 unspecified atom stereocenters. The van der Waals surface area contributed by atoms with Crippen LogP contribution in [0.1, 0.15) is 11.1 Å². The highest BCUT2D eigenvalue weighted by molar-refractivity contribution is 9.10. The maximum absolute atomic E-state index is 12.9. The highest BCUT2D eigenvalue weighted by Crippen LogP contribution is 2.37. The number of alkyl halides is 3. The van der Waals surface area contributed by atoms with E-state index in [1.807, 2.05) is 0 Å². The molecule has 0 aliphatic heterocycles. The molecule has 0 atom stereocenters. The molecule has 2 rings (SSSR count). The second-order valence-corrected chi connectivity index (χ2v) is 5.47. The summed E-state index contributed by atoms with van der Waals surface area (Å²) in [6, 6.07) is 8.15. The summed E-state index contributed by atoms with van der Waals surface area (Å²) < 4.78 is 44.8. The molecule has 0 spiro atoms. The van der Waals surface area contributed by atoms with E-state index in [0.29, 0.717) is 4.47 Å². The number of rotatable bonds is 3. The van der Waals surface area contributed by atoms with Crippen LogP contribution in [-0.4, -0.2) is 5.11 Å². The number of halogens is 5. The summed E-state index contributed by atoms with van der Waals surface area (Å²) in [7, 11) is 0. The highest BCUT2D eigenvalue weighted by Gasteiger charge is 2.33. The van der Waals surface area contributed by atoms with Gasteiger partial charge in [0.05, 0.1) is 17.2 Å².